The van der Waals surface area contributed by atoms with E-state index in [-0.39, 0.29) is 11.5 Å². The van der Waals surface area contributed by atoms with Crippen molar-refractivity contribution in [2.45, 2.75) is 33.3 Å². The van der Waals surface area contributed by atoms with E-state index in [0.29, 0.717) is 33.4 Å². The fraction of sp³-hybridized carbons (Fsp3) is 0.273. The zero-order valence-electron chi connectivity index (χ0n) is 17.4. The molecule has 0 bridgehead atoms. The number of carbonyl (C=O) groups excluding carboxylic acids is 1. The number of nitrogens with zero attached hydrogens (tertiary/aromatic N) is 4. The van der Waals surface area contributed by atoms with E-state index in [4.69, 9.17) is 16.3 Å². The highest BCUT2D eigenvalue weighted by molar-refractivity contribution is 6.33. The van der Waals surface area contributed by atoms with Gasteiger partial charge in [0, 0.05) is 18.2 Å². The van der Waals surface area contributed by atoms with Crippen LogP contribution in [0.1, 0.15) is 36.8 Å². The van der Waals surface area contributed by atoms with Crippen LogP contribution in [-0.4, -0.2) is 38.1 Å². The minimum absolute atomic E-state index is 0.182. The normalized spacial score (nSPS) is 11.8. The van der Waals surface area contributed by atoms with Crippen LogP contribution < -0.4 is 10.1 Å². The van der Waals surface area contributed by atoms with Crippen molar-refractivity contribution < 1.29 is 9.53 Å². The van der Waals surface area contributed by atoms with E-state index >= 15 is 0 Å². The topological polar surface area (TPSA) is 81.4 Å². The molecule has 0 saturated carbocycles. The first-order valence-corrected chi connectivity index (χ1v) is 9.92. The van der Waals surface area contributed by atoms with Gasteiger partial charge in [0.05, 0.1) is 21.7 Å². The monoisotopic (exact) mass is 423 g/mol. The third-order valence-corrected chi connectivity index (χ3v) is 4.91. The summed E-state index contributed by atoms with van der Waals surface area (Å²) in [6.07, 6.45) is 0. The molecule has 8 heteroatoms. The lowest BCUT2D eigenvalue weighted by Gasteiger charge is -2.21. The van der Waals surface area contributed by atoms with Gasteiger partial charge in [-0.2, -0.15) is 0 Å². The van der Waals surface area contributed by atoms with Crippen LogP contribution in [0.4, 0.5) is 0 Å². The average Bonchev–Trinajstić information content (AvgIpc) is 3.13. The van der Waals surface area contributed by atoms with E-state index in [9.17, 15) is 4.79 Å². The van der Waals surface area contributed by atoms with Crippen molar-refractivity contribution in [1.82, 2.24) is 24.9 Å². The van der Waals surface area contributed by atoms with E-state index in [1.165, 1.54) is 0 Å². The number of aryl methyl sites for hydroxylation is 1. The molecule has 0 fully saturated rings. The molecule has 0 aliphatic rings. The van der Waals surface area contributed by atoms with Crippen molar-refractivity contribution in [1.29, 1.82) is 0 Å². The van der Waals surface area contributed by atoms with Gasteiger partial charge in [-0.25, -0.2) is 4.98 Å². The van der Waals surface area contributed by atoms with E-state index in [2.05, 4.69) is 20.5 Å². The van der Waals surface area contributed by atoms with Crippen molar-refractivity contribution >= 4 is 34.2 Å². The molecule has 4 rings (SSSR count). The van der Waals surface area contributed by atoms with Gasteiger partial charge >= 0.3 is 0 Å². The third-order valence-electron chi connectivity index (χ3n) is 4.58. The highest BCUT2D eigenvalue weighted by Crippen LogP contribution is 2.33. The van der Waals surface area contributed by atoms with Crippen molar-refractivity contribution in [3.8, 4) is 17.1 Å². The second-order valence-electron chi connectivity index (χ2n) is 8.02. The van der Waals surface area contributed by atoms with Crippen molar-refractivity contribution in [2.75, 3.05) is 7.05 Å². The molecule has 30 heavy (non-hydrogen) atoms. The van der Waals surface area contributed by atoms with Crippen LogP contribution in [0.3, 0.4) is 0 Å². The van der Waals surface area contributed by atoms with Crippen molar-refractivity contribution in [2.24, 2.45) is 0 Å². The molecule has 0 aliphatic carbocycles. The summed E-state index contributed by atoms with van der Waals surface area (Å²) in [6, 6.07) is 10.8. The summed E-state index contributed by atoms with van der Waals surface area (Å²) in [7, 11) is 1.60. The number of benzene rings is 2. The Morgan fingerprint density at radius 2 is 1.90 bits per heavy atom. The van der Waals surface area contributed by atoms with Crippen LogP contribution >= 0.6 is 11.6 Å². The minimum atomic E-state index is -0.354. The highest BCUT2D eigenvalue weighted by atomic mass is 35.5. The Balaban J connectivity index is 2.00. The highest BCUT2D eigenvalue weighted by Gasteiger charge is 2.19. The lowest BCUT2D eigenvalue weighted by atomic mass is 10.1. The second kappa shape index (κ2) is 7.25. The molecule has 0 radical (unpaired) electrons. The molecular formula is C22H22ClN5O2. The quantitative estimate of drug-likeness (QED) is 0.526. The molecule has 2 aromatic heterocycles. The molecule has 0 atom stereocenters. The summed E-state index contributed by atoms with van der Waals surface area (Å²) in [6.45, 7) is 7.82. The molecular weight excluding hydrogens is 402 g/mol. The van der Waals surface area contributed by atoms with Crippen molar-refractivity contribution in [3.05, 3.63) is 52.7 Å². The maximum atomic E-state index is 12.2. The van der Waals surface area contributed by atoms with Gasteiger partial charge in [-0.1, -0.05) is 11.6 Å². The molecule has 0 spiro atoms. The number of amides is 1. The first-order chi connectivity index (χ1) is 14.2. The van der Waals surface area contributed by atoms with Crippen LogP contribution in [-0.2, 0) is 0 Å². The van der Waals surface area contributed by atoms with Crippen LogP contribution in [0.5, 0.6) is 5.75 Å². The Bertz CT molecular complexity index is 1290. The molecule has 0 aliphatic heterocycles. The van der Waals surface area contributed by atoms with Crippen LogP contribution in [0.25, 0.3) is 28.1 Å². The van der Waals surface area contributed by atoms with Gasteiger partial charge in [0.15, 0.2) is 11.5 Å². The lowest BCUT2D eigenvalue weighted by Crippen LogP contribution is -2.22. The third kappa shape index (κ3) is 3.57. The number of carbonyl (C=O) groups is 1. The van der Waals surface area contributed by atoms with E-state index in [1.54, 1.807) is 25.2 Å². The Morgan fingerprint density at radius 3 is 2.60 bits per heavy atom. The predicted octanol–water partition coefficient (Wildman–Crippen LogP) is 4.44. The summed E-state index contributed by atoms with van der Waals surface area (Å²) in [5.41, 5.74) is 3.63. The SMILES string of the molecule is CNC(=O)c1ccc2nc(C)c3nnc(-c4cc(OC(C)(C)C)ccc4Cl)n3c2c1. The zero-order chi connectivity index (χ0) is 21.6. The molecule has 1 N–H and O–H groups in total. The number of fused-ring (bicyclic) bond motifs is 3. The van der Waals surface area contributed by atoms with Crippen molar-refractivity contribution in [3.63, 3.8) is 0 Å². The largest absolute Gasteiger partial charge is 0.488 e. The molecule has 7 nitrogen and oxygen atoms in total. The Labute approximate surface area is 179 Å². The first kappa shape index (κ1) is 20.1. The summed E-state index contributed by atoms with van der Waals surface area (Å²) in [5, 5.41) is 11.9. The van der Waals surface area contributed by atoms with E-state index < -0.39 is 0 Å². The standard InChI is InChI=1S/C22H22ClN5O2/c1-12-19-26-27-20(15-11-14(7-8-16(15)23)30-22(2,3)4)28(19)18-10-13(21(29)24-5)6-9-17(18)25-12/h6-11H,1-5H3,(H,24,29). The smallest absolute Gasteiger partial charge is 0.251 e. The molecule has 154 valence electrons. The summed E-state index contributed by atoms with van der Waals surface area (Å²) in [5.74, 6) is 1.05. The number of halogens is 1. The Morgan fingerprint density at radius 1 is 1.13 bits per heavy atom. The zero-order valence-corrected chi connectivity index (χ0v) is 18.2. The average molecular weight is 424 g/mol. The summed E-state index contributed by atoms with van der Waals surface area (Å²) in [4.78, 5) is 16.8. The van der Waals surface area contributed by atoms with E-state index in [1.807, 2.05) is 50.3 Å². The van der Waals surface area contributed by atoms with E-state index in [0.717, 1.165) is 16.7 Å². The van der Waals surface area contributed by atoms with Crippen LogP contribution in [0.15, 0.2) is 36.4 Å². The summed E-state index contributed by atoms with van der Waals surface area (Å²) >= 11 is 6.54. The molecule has 0 unspecified atom stereocenters. The molecule has 1 amide bonds. The number of ether oxygens (including phenoxy) is 1. The van der Waals surface area contributed by atoms with Gasteiger partial charge in [-0.3, -0.25) is 9.20 Å². The molecule has 2 aromatic carbocycles. The van der Waals surface area contributed by atoms with Gasteiger partial charge in [-0.05, 0) is 64.1 Å². The fourth-order valence-corrected chi connectivity index (χ4v) is 3.53. The second-order valence-corrected chi connectivity index (χ2v) is 8.43. The summed E-state index contributed by atoms with van der Waals surface area (Å²) < 4.78 is 7.88. The van der Waals surface area contributed by atoms with Crippen LogP contribution in [0.2, 0.25) is 5.02 Å². The predicted molar refractivity (Wildman–Crippen MR) is 117 cm³/mol. The fourth-order valence-electron chi connectivity index (χ4n) is 3.33. The molecule has 2 heterocycles. The number of rotatable bonds is 3. The first-order valence-electron chi connectivity index (χ1n) is 9.54. The maximum Gasteiger partial charge on any atom is 0.251 e. The minimum Gasteiger partial charge on any atom is -0.488 e. The van der Waals surface area contributed by atoms with Gasteiger partial charge in [0.1, 0.15) is 11.4 Å². The number of aromatic nitrogens is 4. The molecule has 4 aromatic rings. The molecule has 0 saturated heterocycles. The van der Waals surface area contributed by atoms with Gasteiger partial charge in [0.25, 0.3) is 5.91 Å². The number of nitrogens with one attached hydrogen (secondary N) is 1. The number of hydrogen-bond acceptors (Lipinski definition) is 5. The van der Waals surface area contributed by atoms with Crippen LogP contribution in [0, 0.1) is 6.92 Å². The Kier molecular flexibility index (Phi) is 4.86. The van der Waals surface area contributed by atoms with Gasteiger partial charge in [0.2, 0.25) is 0 Å². The number of hydrogen-bond donors (Lipinski definition) is 1. The van der Waals surface area contributed by atoms with Gasteiger partial charge < -0.3 is 10.1 Å². The Hall–Kier alpha value is -3.19. The lowest BCUT2D eigenvalue weighted by molar-refractivity contribution is 0.0963. The maximum absolute atomic E-state index is 12.2. The van der Waals surface area contributed by atoms with Gasteiger partial charge in [-0.15, -0.1) is 10.2 Å².